The highest BCUT2D eigenvalue weighted by Gasteiger charge is 2.34. The number of carbonyl (C=O) groups excluding carboxylic acids is 2. The Kier molecular flexibility index (Phi) is 7.93. The van der Waals surface area contributed by atoms with Crippen molar-refractivity contribution in [2.45, 2.75) is 37.6 Å². The largest absolute Gasteiger partial charge is 0.464 e. The van der Waals surface area contributed by atoms with Crippen molar-refractivity contribution in [3.05, 3.63) is 76.9 Å². The molecular weight excluding hydrogens is 404 g/mol. The molecule has 1 aliphatic heterocycles. The van der Waals surface area contributed by atoms with Gasteiger partial charge in [-0.3, -0.25) is 4.79 Å². The molecule has 0 aliphatic carbocycles. The molecule has 1 heterocycles. The number of hydrogen-bond acceptors (Lipinski definition) is 7. The van der Waals surface area contributed by atoms with E-state index in [1.54, 1.807) is 24.3 Å². The van der Waals surface area contributed by atoms with Gasteiger partial charge in [-0.1, -0.05) is 48.2 Å². The van der Waals surface area contributed by atoms with Gasteiger partial charge in [-0.25, -0.2) is 4.79 Å². The fourth-order valence-corrected chi connectivity index (χ4v) is 3.99. The summed E-state index contributed by atoms with van der Waals surface area (Å²) in [5.41, 5.74) is 0.448. The smallest absolute Gasteiger partial charge is 0.338 e. The van der Waals surface area contributed by atoms with Crippen molar-refractivity contribution < 1.29 is 28.5 Å². The van der Waals surface area contributed by atoms with Crippen molar-refractivity contribution in [1.82, 2.24) is 0 Å². The van der Waals surface area contributed by atoms with Crippen LogP contribution < -0.4 is 0 Å². The van der Waals surface area contributed by atoms with Crippen molar-refractivity contribution in [3.63, 3.8) is 0 Å². The van der Waals surface area contributed by atoms with E-state index in [-0.39, 0.29) is 6.61 Å². The zero-order valence-electron chi connectivity index (χ0n) is 16.9. The van der Waals surface area contributed by atoms with Crippen LogP contribution >= 0.6 is 11.8 Å². The van der Waals surface area contributed by atoms with Crippen LogP contribution in [0, 0.1) is 0 Å². The van der Waals surface area contributed by atoms with Crippen LogP contribution in [0.3, 0.4) is 0 Å². The van der Waals surface area contributed by atoms with Gasteiger partial charge in [0.2, 0.25) is 6.29 Å². The molecule has 0 saturated heterocycles. The molecule has 0 bridgehead atoms. The highest BCUT2D eigenvalue weighted by molar-refractivity contribution is 8.03. The number of thioether (sulfide) groups is 1. The van der Waals surface area contributed by atoms with Gasteiger partial charge in [0.05, 0.1) is 16.9 Å². The number of ether oxygens (including phenoxy) is 4. The predicted octanol–water partition coefficient (Wildman–Crippen LogP) is 4.56. The van der Waals surface area contributed by atoms with Crippen LogP contribution in [0.1, 0.15) is 30.6 Å². The summed E-state index contributed by atoms with van der Waals surface area (Å²) in [5, 5.41) is 0. The molecule has 6 nitrogen and oxygen atoms in total. The van der Waals surface area contributed by atoms with Crippen molar-refractivity contribution in [2.75, 3.05) is 13.2 Å². The van der Waals surface area contributed by atoms with Gasteiger partial charge in [0.15, 0.2) is 5.76 Å². The average Bonchev–Trinajstić information content (AvgIpc) is 2.75. The Bertz CT molecular complexity index is 881. The van der Waals surface area contributed by atoms with Crippen LogP contribution in [0.5, 0.6) is 0 Å². The Labute approximate surface area is 180 Å². The van der Waals surface area contributed by atoms with Crippen LogP contribution in [-0.4, -0.2) is 37.5 Å². The molecule has 7 heteroatoms. The summed E-state index contributed by atoms with van der Waals surface area (Å²) >= 11 is 1.42. The number of benzene rings is 2. The van der Waals surface area contributed by atoms with Gasteiger partial charge >= 0.3 is 11.9 Å². The van der Waals surface area contributed by atoms with E-state index in [0.717, 1.165) is 4.90 Å². The lowest BCUT2D eigenvalue weighted by Gasteiger charge is -2.33. The molecule has 0 amide bonds. The first-order valence-electron chi connectivity index (χ1n) is 9.70. The summed E-state index contributed by atoms with van der Waals surface area (Å²) in [6, 6.07) is 18.4. The van der Waals surface area contributed by atoms with Crippen LogP contribution in [0.4, 0.5) is 0 Å². The highest BCUT2D eigenvalue weighted by atomic mass is 32.2. The molecule has 0 unspecified atom stereocenters. The van der Waals surface area contributed by atoms with Crippen molar-refractivity contribution in [1.29, 1.82) is 0 Å². The summed E-state index contributed by atoms with van der Waals surface area (Å²) in [6.07, 6.45) is -0.785. The van der Waals surface area contributed by atoms with Crippen LogP contribution in [0.25, 0.3) is 0 Å². The Morgan fingerprint density at radius 2 is 1.73 bits per heavy atom. The number of hydrogen-bond donors (Lipinski definition) is 0. The quantitative estimate of drug-likeness (QED) is 0.571. The minimum atomic E-state index is -0.593. The first-order valence-corrected chi connectivity index (χ1v) is 10.5. The normalized spacial score (nSPS) is 18.5. The number of rotatable bonds is 8. The summed E-state index contributed by atoms with van der Waals surface area (Å²) in [6.45, 7) is 3.57. The topological polar surface area (TPSA) is 71.1 Å². The fourth-order valence-electron chi connectivity index (χ4n) is 2.95. The second kappa shape index (κ2) is 10.8. The molecule has 158 valence electrons. The van der Waals surface area contributed by atoms with Gasteiger partial charge in [0.1, 0.15) is 12.7 Å². The van der Waals surface area contributed by atoms with Gasteiger partial charge in [-0.05, 0) is 31.2 Å². The molecule has 0 spiro atoms. The first-order chi connectivity index (χ1) is 14.6. The van der Waals surface area contributed by atoms with Gasteiger partial charge < -0.3 is 18.9 Å². The molecule has 2 aromatic carbocycles. The molecule has 3 rings (SSSR count). The summed E-state index contributed by atoms with van der Waals surface area (Å²) in [5.74, 6) is -0.439. The van der Waals surface area contributed by atoms with E-state index < -0.39 is 24.3 Å². The van der Waals surface area contributed by atoms with Crippen molar-refractivity contribution in [3.8, 4) is 0 Å². The summed E-state index contributed by atoms with van der Waals surface area (Å²) < 4.78 is 22.6. The molecule has 0 radical (unpaired) electrons. The Morgan fingerprint density at radius 1 is 1.07 bits per heavy atom. The second-order valence-electron chi connectivity index (χ2n) is 6.48. The molecule has 0 fully saturated rings. The zero-order chi connectivity index (χ0) is 21.3. The fraction of sp³-hybridized carbons (Fsp3) is 0.304. The van der Waals surface area contributed by atoms with E-state index in [9.17, 15) is 9.59 Å². The maximum atomic E-state index is 12.4. The Morgan fingerprint density at radius 3 is 2.37 bits per heavy atom. The number of esters is 2. The minimum absolute atomic E-state index is 0.0930. The molecule has 1 aliphatic rings. The first kappa shape index (κ1) is 21.9. The minimum Gasteiger partial charge on any atom is -0.464 e. The van der Waals surface area contributed by atoms with E-state index >= 15 is 0 Å². The van der Waals surface area contributed by atoms with Gasteiger partial charge in [-0.2, -0.15) is 0 Å². The molecule has 30 heavy (non-hydrogen) atoms. The van der Waals surface area contributed by atoms with Gasteiger partial charge in [0.25, 0.3) is 0 Å². The SMILES string of the molecule is CCO[C@@H]1C[C@@H](OC(C)=O)C(Sc2ccccc2)=C(COC(=O)c2ccccc2)O1. The maximum absolute atomic E-state index is 12.4. The van der Waals surface area contributed by atoms with E-state index in [2.05, 4.69) is 0 Å². The Hall–Kier alpha value is -2.77. The van der Waals surface area contributed by atoms with Crippen LogP contribution in [0.15, 0.2) is 76.2 Å². The van der Waals surface area contributed by atoms with E-state index in [0.29, 0.717) is 29.3 Å². The molecule has 2 atom stereocenters. The van der Waals surface area contributed by atoms with Gasteiger partial charge in [-0.15, -0.1) is 0 Å². The lowest BCUT2D eigenvalue weighted by Crippen LogP contribution is -2.34. The lowest BCUT2D eigenvalue weighted by molar-refractivity contribution is -0.164. The third-order valence-electron chi connectivity index (χ3n) is 4.22. The third kappa shape index (κ3) is 6.11. The third-order valence-corrected chi connectivity index (χ3v) is 5.44. The average molecular weight is 429 g/mol. The molecular formula is C23H24O6S. The lowest BCUT2D eigenvalue weighted by atomic mass is 10.1. The van der Waals surface area contributed by atoms with Crippen LogP contribution in [0.2, 0.25) is 0 Å². The van der Waals surface area contributed by atoms with Crippen molar-refractivity contribution >= 4 is 23.7 Å². The molecule has 0 N–H and O–H groups in total. The van der Waals surface area contributed by atoms with E-state index in [1.807, 2.05) is 43.3 Å². The summed E-state index contributed by atoms with van der Waals surface area (Å²) in [4.78, 5) is 25.7. The van der Waals surface area contributed by atoms with E-state index in [1.165, 1.54) is 18.7 Å². The maximum Gasteiger partial charge on any atom is 0.338 e. The van der Waals surface area contributed by atoms with Crippen LogP contribution in [-0.2, 0) is 23.7 Å². The number of carbonyl (C=O) groups is 2. The van der Waals surface area contributed by atoms with E-state index in [4.69, 9.17) is 18.9 Å². The van der Waals surface area contributed by atoms with Crippen molar-refractivity contribution in [2.24, 2.45) is 0 Å². The molecule has 0 saturated carbocycles. The standard InChI is InChI=1S/C23H24O6S/c1-3-26-21-14-19(28-16(2)24)22(30-18-12-8-5-9-13-18)20(29-21)15-27-23(25)17-10-6-4-7-11-17/h4-13,19,21H,3,14-15H2,1-2H3/t19-,21+/m1/s1. The molecule has 0 aromatic heterocycles. The van der Waals surface area contributed by atoms with Gasteiger partial charge in [0, 0.05) is 18.4 Å². The second-order valence-corrected chi connectivity index (χ2v) is 7.60. The summed E-state index contributed by atoms with van der Waals surface area (Å²) in [7, 11) is 0. The predicted molar refractivity (Wildman–Crippen MR) is 113 cm³/mol. The Balaban J connectivity index is 1.86. The zero-order valence-corrected chi connectivity index (χ0v) is 17.7. The monoisotopic (exact) mass is 428 g/mol. The highest BCUT2D eigenvalue weighted by Crippen LogP contribution is 2.39. The molecule has 2 aromatic rings.